The van der Waals surface area contributed by atoms with E-state index < -0.39 is 0 Å². The molecule has 1 aromatic carbocycles. The highest BCUT2D eigenvalue weighted by Crippen LogP contribution is 2.56. The fourth-order valence-corrected chi connectivity index (χ4v) is 18.3. The molecule has 2 saturated carbocycles. The van der Waals surface area contributed by atoms with Crippen molar-refractivity contribution < 1.29 is 28.5 Å². The van der Waals surface area contributed by atoms with E-state index in [0.29, 0.717) is 25.0 Å². The Labute approximate surface area is 533 Å². The van der Waals surface area contributed by atoms with Gasteiger partial charge in [-0.15, -0.1) is 45.3 Å². The van der Waals surface area contributed by atoms with E-state index in [9.17, 15) is 9.59 Å². The molecule has 0 saturated heterocycles. The molecule has 6 aromatic rings. The molecule has 2 aliphatic rings. The molecule has 2 aliphatic carbocycles. The second kappa shape index (κ2) is 38.4. The Balaban J connectivity index is 0.951. The van der Waals surface area contributed by atoms with E-state index >= 15 is 0 Å². The molecule has 85 heavy (non-hydrogen) atoms. The van der Waals surface area contributed by atoms with Crippen molar-refractivity contribution in [3.63, 3.8) is 0 Å². The number of esters is 2. The zero-order chi connectivity index (χ0) is 59.3. The first-order valence-electron chi connectivity index (χ1n) is 34.8. The Kier molecular flexibility index (Phi) is 30.7. The largest absolute Gasteiger partial charge is 0.486 e. The van der Waals surface area contributed by atoms with Crippen LogP contribution >= 0.6 is 57.1 Å². The van der Waals surface area contributed by atoms with Crippen LogP contribution in [0.15, 0.2) is 35.0 Å². The van der Waals surface area contributed by atoms with Crippen molar-refractivity contribution in [3.8, 4) is 32.4 Å². The van der Waals surface area contributed by atoms with Crippen LogP contribution in [-0.2, 0) is 19.1 Å². The molecule has 8 rings (SSSR count). The number of ether oxygens (including phenoxy) is 4. The van der Waals surface area contributed by atoms with E-state index in [1.54, 1.807) is 45.3 Å². The summed E-state index contributed by atoms with van der Waals surface area (Å²) in [6.45, 7) is 10.2. The highest BCUT2D eigenvalue weighted by Gasteiger charge is 2.36. The summed E-state index contributed by atoms with van der Waals surface area (Å²) in [5, 5.41) is 4.33. The zero-order valence-electron chi connectivity index (χ0n) is 53.0. The van der Waals surface area contributed by atoms with Gasteiger partial charge in [0.1, 0.15) is 11.0 Å². The van der Waals surface area contributed by atoms with Gasteiger partial charge >= 0.3 is 11.9 Å². The van der Waals surface area contributed by atoms with Crippen molar-refractivity contribution in [2.24, 2.45) is 23.7 Å². The molecule has 2 fully saturated rings. The number of benzene rings is 1. The Morgan fingerprint density at radius 1 is 0.435 bits per heavy atom. The lowest BCUT2D eigenvalue weighted by Gasteiger charge is -2.32. The first-order valence-corrected chi connectivity index (χ1v) is 38.9. The van der Waals surface area contributed by atoms with Gasteiger partial charge in [0, 0.05) is 28.6 Å². The summed E-state index contributed by atoms with van der Waals surface area (Å²) in [5.74, 6) is 2.06. The first kappa shape index (κ1) is 67.8. The van der Waals surface area contributed by atoms with Crippen molar-refractivity contribution in [2.45, 2.75) is 297 Å². The van der Waals surface area contributed by atoms with Crippen LogP contribution in [0.3, 0.4) is 0 Å². The monoisotopic (exact) mass is 1260 g/mol. The Bertz CT molecular complexity index is 2550. The number of hydrogen-bond donors (Lipinski definition) is 0. The number of hydrogen-bond acceptors (Lipinski definition) is 13. The third kappa shape index (κ3) is 21.5. The highest BCUT2D eigenvalue weighted by molar-refractivity contribution is 7.29. The smallest absolute Gasteiger partial charge is 0.308 e. The van der Waals surface area contributed by atoms with Gasteiger partial charge in [-0.3, -0.25) is 9.59 Å². The van der Waals surface area contributed by atoms with Crippen molar-refractivity contribution in [1.82, 2.24) is 8.75 Å². The van der Waals surface area contributed by atoms with Crippen LogP contribution in [0.4, 0.5) is 0 Å². The standard InChI is InChI=1S/C72H108N2O6S5/c1-5-9-13-17-21-23-27-31-35-53(33-29-25-19-15-11-7-3)51-77-71(75)55-37-41-57(42-38-55)79-69-65(63-49-61-59(83-63)45-47-81-61)67-68(74-85-73-67)66(64-50-62-60(84-64)46-48-82-62)70(69)80-58-43-39-56(40-44-58)72(76)78-52-54(34-30-26-20-16-12-8-4)36-32-28-24-22-18-14-10-6-2/h45-50,53-58H,5-44,51-52H2,1-4H3. The van der Waals surface area contributed by atoms with Crippen molar-refractivity contribution >= 4 is 98.8 Å². The van der Waals surface area contributed by atoms with E-state index in [0.717, 1.165) is 120 Å². The van der Waals surface area contributed by atoms with Gasteiger partial charge in [-0.25, -0.2) is 0 Å². The number of carbonyl (C=O) groups is 2. The maximum Gasteiger partial charge on any atom is 0.308 e. The molecule has 5 heterocycles. The quantitative estimate of drug-likeness (QED) is 0.0276. The molecule has 0 aliphatic heterocycles. The van der Waals surface area contributed by atoms with E-state index in [2.05, 4.69) is 62.7 Å². The van der Waals surface area contributed by atoms with Gasteiger partial charge in [-0.2, -0.15) is 8.75 Å². The summed E-state index contributed by atoms with van der Waals surface area (Å²) >= 11 is 8.32. The minimum atomic E-state index is -0.125. The lowest BCUT2D eigenvalue weighted by molar-refractivity contribution is -0.152. The van der Waals surface area contributed by atoms with Crippen LogP contribution in [0.2, 0.25) is 0 Å². The summed E-state index contributed by atoms with van der Waals surface area (Å²) in [7, 11) is 0. The second-order valence-electron chi connectivity index (χ2n) is 25.7. The van der Waals surface area contributed by atoms with Gasteiger partial charge in [0.25, 0.3) is 0 Å². The van der Waals surface area contributed by atoms with Gasteiger partial charge in [0.2, 0.25) is 0 Å². The average Bonchev–Trinajstić information content (AvgIpc) is 1.85. The summed E-state index contributed by atoms with van der Waals surface area (Å²) in [6.07, 6.45) is 46.9. The molecule has 5 aromatic heterocycles. The lowest BCUT2D eigenvalue weighted by Crippen LogP contribution is -2.31. The SMILES string of the molecule is CCCCCCCCCCC(CCCCCCCC)COC(=O)C1CCC(Oc2c(OC3CCC(C(=O)OCC(CCCCCCCC)CCCCCCCCCC)CC3)c(-c3cc4sccc4s3)c3nsnc3c2-c2cc3sccc3s2)CC1. The molecule has 0 N–H and O–H groups in total. The minimum Gasteiger partial charge on any atom is -0.486 e. The number of rotatable bonds is 44. The second-order valence-corrected chi connectivity index (χ2v) is 30.3. The molecule has 0 amide bonds. The van der Waals surface area contributed by atoms with Crippen LogP contribution in [0, 0.1) is 23.7 Å². The van der Waals surface area contributed by atoms with Crippen LogP contribution in [0.25, 0.3) is 50.7 Å². The fraction of sp³-hybridized carbons (Fsp3) is 0.722. The summed E-state index contributed by atoms with van der Waals surface area (Å²) < 4.78 is 42.8. The molecule has 8 nitrogen and oxygen atoms in total. The van der Waals surface area contributed by atoms with E-state index in [-0.39, 0.29) is 36.0 Å². The maximum atomic E-state index is 14.0. The molecule has 472 valence electrons. The average molecular weight is 1260 g/mol. The summed E-state index contributed by atoms with van der Waals surface area (Å²) in [4.78, 5) is 30.3. The molecular formula is C72H108N2O6S5. The van der Waals surface area contributed by atoms with Gasteiger partial charge in [-0.05, 0) is 124 Å². The lowest BCUT2D eigenvalue weighted by atomic mass is 9.87. The maximum absolute atomic E-state index is 14.0. The molecule has 0 bridgehead atoms. The van der Waals surface area contributed by atoms with Gasteiger partial charge in [0.15, 0.2) is 11.5 Å². The number of thiophene rings is 4. The first-order chi connectivity index (χ1) is 41.9. The van der Waals surface area contributed by atoms with Crippen molar-refractivity contribution in [1.29, 1.82) is 0 Å². The number of aromatic nitrogens is 2. The van der Waals surface area contributed by atoms with Crippen LogP contribution in [0.5, 0.6) is 11.5 Å². The summed E-state index contributed by atoms with van der Waals surface area (Å²) in [5.41, 5.74) is 3.58. The predicted molar refractivity (Wildman–Crippen MR) is 367 cm³/mol. The highest BCUT2D eigenvalue weighted by atomic mass is 32.1. The zero-order valence-corrected chi connectivity index (χ0v) is 57.1. The third-order valence-corrected chi connectivity index (χ3v) is 23.5. The van der Waals surface area contributed by atoms with Crippen LogP contribution in [0.1, 0.15) is 285 Å². The number of fused-ring (bicyclic) bond motifs is 3. The normalized spacial score (nSPS) is 18.2. The topological polar surface area (TPSA) is 96.8 Å². The minimum absolute atomic E-state index is 0.0214. The van der Waals surface area contributed by atoms with Gasteiger partial charge in [0.05, 0.1) is 60.1 Å². The van der Waals surface area contributed by atoms with Crippen molar-refractivity contribution in [2.75, 3.05) is 13.2 Å². The van der Waals surface area contributed by atoms with E-state index in [1.165, 1.54) is 210 Å². The number of nitrogens with zero attached hydrogens (tertiary/aromatic N) is 2. The third-order valence-electron chi connectivity index (χ3n) is 18.8. The molecule has 0 spiro atoms. The number of unbranched alkanes of at least 4 members (excludes halogenated alkanes) is 24. The number of carbonyl (C=O) groups excluding carboxylic acids is 2. The molecule has 2 atom stereocenters. The van der Waals surface area contributed by atoms with Crippen LogP contribution in [-0.4, -0.2) is 46.1 Å². The van der Waals surface area contributed by atoms with Gasteiger partial charge in [-0.1, -0.05) is 207 Å². The van der Waals surface area contributed by atoms with Gasteiger partial charge < -0.3 is 18.9 Å². The van der Waals surface area contributed by atoms with E-state index in [1.807, 2.05) is 0 Å². The summed E-state index contributed by atoms with van der Waals surface area (Å²) in [6, 6.07) is 9.00. The molecule has 0 radical (unpaired) electrons. The van der Waals surface area contributed by atoms with E-state index in [4.69, 9.17) is 27.7 Å². The molecule has 13 heteroatoms. The predicted octanol–water partition coefficient (Wildman–Crippen LogP) is 24.3. The van der Waals surface area contributed by atoms with Crippen molar-refractivity contribution in [3.05, 3.63) is 35.0 Å². The van der Waals surface area contributed by atoms with Crippen LogP contribution < -0.4 is 9.47 Å². The Hall–Kier alpha value is -3.10. The Morgan fingerprint density at radius 3 is 1.07 bits per heavy atom. The Morgan fingerprint density at radius 2 is 0.753 bits per heavy atom. The molecule has 2 unspecified atom stereocenters. The fourth-order valence-electron chi connectivity index (χ4n) is 13.4. The molecular weight excluding hydrogens is 1150 g/mol.